The Labute approximate surface area is 209 Å². The number of nitrogens with zero attached hydrogens (tertiary/aromatic N) is 3. The molecule has 0 bridgehead atoms. The summed E-state index contributed by atoms with van der Waals surface area (Å²) in [5, 5.41) is 16.5. The quantitative estimate of drug-likeness (QED) is 0.399. The molecule has 1 aliphatic rings. The van der Waals surface area contributed by atoms with E-state index in [0.29, 0.717) is 34.0 Å². The van der Waals surface area contributed by atoms with Crippen molar-refractivity contribution in [2.24, 2.45) is 11.8 Å². The van der Waals surface area contributed by atoms with Crippen LogP contribution in [-0.4, -0.2) is 38.2 Å². The average molecular weight is 497 g/mol. The first-order valence-corrected chi connectivity index (χ1v) is 12.4. The summed E-state index contributed by atoms with van der Waals surface area (Å²) >= 11 is 0. The van der Waals surface area contributed by atoms with Crippen LogP contribution in [0, 0.1) is 31.6 Å². The third-order valence-electron chi connectivity index (χ3n) is 6.99. The molecule has 0 saturated heterocycles. The van der Waals surface area contributed by atoms with Crippen LogP contribution in [0.1, 0.15) is 79.8 Å². The molecule has 36 heavy (non-hydrogen) atoms. The Morgan fingerprint density at radius 1 is 1.17 bits per heavy atom. The fourth-order valence-electron chi connectivity index (χ4n) is 4.91. The van der Waals surface area contributed by atoms with Gasteiger partial charge in [0.1, 0.15) is 23.7 Å². The first kappa shape index (κ1) is 25.5. The van der Waals surface area contributed by atoms with Gasteiger partial charge in [-0.05, 0) is 56.6 Å². The highest BCUT2D eigenvalue weighted by Crippen LogP contribution is 2.32. The van der Waals surface area contributed by atoms with Gasteiger partial charge in [0.15, 0.2) is 0 Å². The van der Waals surface area contributed by atoms with E-state index in [1.807, 2.05) is 20.8 Å². The van der Waals surface area contributed by atoms with Crippen molar-refractivity contribution in [2.45, 2.75) is 72.3 Å². The van der Waals surface area contributed by atoms with E-state index in [1.54, 1.807) is 19.1 Å². The number of pyridine rings is 1. The molecule has 2 amide bonds. The molecular weight excluding hydrogens is 463 g/mol. The van der Waals surface area contributed by atoms with Gasteiger partial charge in [0.05, 0.1) is 11.4 Å². The maximum Gasteiger partial charge on any atom is 0.257 e. The molecule has 4 rings (SSSR count). The van der Waals surface area contributed by atoms with Crippen LogP contribution >= 0.6 is 0 Å². The molecule has 3 aromatic heterocycles. The molecule has 1 atom stereocenters. The molecule has 9 nitrogen and oxygen atoms in total. The summed E-state index contributed by atoms with van der Waals surface area (Å²) in [4.78, 5) is 30.5. The summed E-state index contributed by atoms with van der Waals surface area (Å²) in [6.07, 6.45) is 4.86. The van der Waals surface area contributed by atoms with Crippen LogP contribution in [0.15, 0.2) is 22.9 Å². The maximum atomic E-state index is 14.9. The minimum absolute atomic E-state index is 0.0134. The molecule has 192 valence electrons. The number of amides is 2. The third-order valence-corrected chi connectivity index (χ3v) is 6.99. The van der Waals surface area contributed by atoms with Crippen molar-refractivity contribution < 1.29 is 18.5 Å². The van der Waals surface area contributed by atoms with Crippen LogP contribution in [0.25, 0.3) is 11.1 Å². The summed E-state index contributed by atoms with van der Waals surface area (Å²) in [7, 11) is 0. The third kappa shape index (κ3) is 5.32. The number of H-pyrrole nitrogens is 1. The van der Waals surface area contributed by atoms with E-state index in [4.69, 9.17) is 4.52 Å². The van der Waals surface area contributed by atoms with Gasteiger partial charge in [-0.3, -0.25) is 14.7 Å². The number of halogens is 1. The predicted molar refractivity (Wildman–Crippen MR) is 133 cm³/mol. The monoisotopic (exact) mass is 496 g/mol. The zero-order chi connectivity index (χ0) is 26.0. The van der Waals surface area contributed by atoms with Crippen molar-refractivity contribution in [3.8, 4) is 11.1 Å². The number of aryl methyl sites for hydroxylation is 2. The number of aromatic nitrogens is 4. The molecule has 0 aliphatic heterocycles. The Bertz CT molecular complexity index is 1220. The smallest absolute Gasteiger partial charge is 0.257 e. The lowest BCUT2D eigenvalue weighted by Gasteiger charge is -2.32. The Balaban J connectivity index is 1.55. The predicted octanol–water partition coefficient (Wildman–Crippen LogP) is 4.90. The lowest BCUT2D eigenvalue weighted by atomic mass is 9.79. The molecule has 3 heterocycles. The molecule has 3 N–H and O–H groups in total. The van der Waals surface area contributed by atoms with Gasteiger partial charge in [-0.2, -0.15) is 9.49 Å². The van der Waals surface area contributed by atoms with Gasteiger partial charge in [-0.15, -0.1) is 0 Å². The van der Waals surface area contributed by atoms with E-state index >= 15 is 0 Å². The summed E-state index contributed by atoms with van der Waals surface area (Å²) in [5.41, 5.74) is 3.19. The van der Waals surface area contributed by atoms with Gasteiger partial charge < -0.3 is 15.2 Å². The number of hydrogen-bond donors (Lipinski definition) is 3. The zero-order valence-corrected chi connectivity index (χ0v) is 21.3. The minimum Gasteiger partial charge on any atom is -0.364 e. The molecule has 0 aromatic carbocycles. The lowest BCUT2D eigenvalue weighted by molar-refractivity contribution is -0.119. The standard InChI is InChI=1S/C26H33FN6O3/c1-13(2)22-19(12-36-33-22)25(34)30-23(17-8-6-14(3)7-9-17)26(35)29-20-11-10-18(24(27)28-20)21-15(4)31-32-16(21)5/h10-14,17,23H,6-9H2,1-5H3,(H,30,34)(H,31,32)(H,28,29,35). The van der Waals surface area contributed by atoms with E-state index in [9.17, 15) is 14.0 Å². The van der Waals surface area contributed by atoms with Crippen LogP contribution in [0.2, 0.25) is 0 Å². The molecule has 3 aromatic rings. The van der Waals surface area contributed by atoms with Gasteiger partial charge in [-0.1, -0.05) is 38.8 Å². The van der Waals surface area contributed by atoms with Crippen LogP contribution < -0.4 is 10.6 Å². The van der Waals surface area contributed by atoms with Crippen molar-refractivity contribution in [2.75, 3.05) is 5.32 Å². The zero-order valence-electron chi connectivity index (χ0n) is 21.3. The van der Waals surface area contributed by atoms with E-state index in [2.05, 4.69) is 37.9 Å². The molecule has 1 saturated carbocycles. The second-order valence-corrected chi connectivity index (χ2v) is 10.1. The number of aromatic amines is 1. The molecule has 0 radical (unpaired) electrons. The molecule has 1 aliphatic carbocycles. The van der Waals surface area contributed by atoms with Gasteiger partial charge >= 0.3 is 0 Å². The highest BCUT2D eigenvalue weighted by Gasteiger charge is 2.34. The first-order valence-electron chi connectivity index (χ1n) is 12.4. The molecule has 10 heteroatoms. The summed E-state index contributed by atoms with van der Waals surface area (Å²) in [5.74, 6) is -0.965. The normalized spacial score (nSPS) is 18.8. The lowest BCUT2D eigenvalue weighted by Crippen LogP contribution is -2.49. The summed E-state index contributed by atoms with van der Waals surface area (Å²) in [6.45, 7) is 9.61. The second-order valence-electron chi connectivity index (χ2n) is 10.1. The number of nitrogens with one attached hydrogen (secondary N) is 3. The fourth-order valence-corrected chi connectivity index (χ4v) is 4.91. The maximum absolute atomic E-state index is 14.9. The van der Waals surface area contributed by atoms with E-state index in [-0.39, 0.29) is 17.7 Å². The molecular formula is C26H33FN6O3. The Morgan fingerprint density at radius 2 is 1.89 bits per heavy atom. The highest BCUT2D eigenvalue weighted by molar-refractivity contribution is 6.01. The van der Waals surface area contributed by atoms with E-state index < -0.39 is 23.8 Å². The Morgan fingerprint density at radius 3 is 2.50 bits per heavy atom. The van der Waals surface area contributed by atoms with Gasteiger partial charge in [0.2, 0.25) is 11.9 Å². The van der Waals surface area contributed by atoms with Crippen molar-refractivity contribution in [3.63, 3.8) is 0 Å². The number of rotatable bonds is 7. The van der Waals surface area contributed by atoms with Crippen molar-refractivity contribution in [1.29, 1.82) is 0 Å². The SMILES string of the molecule is Cc1n[nH]c(C)c1-c1ccc(NC(=O)C(NC(=O)c2conc2C(C)C)C2CCC(C)CC2)nc1F. The van der Waals surface area contributed by atoms with E-state index in [0.717, 1.165) is 31.4 Å². The number of hydrogen-bond acceptors (Lipinski definition) is 6. The molecule has 1 fully saturated rings. The number of anilines is 1. The Hall–Kier alpha value is -3.56. The highest BCUT2D eigenvalue weighted by atomic mass is 19.1. The largest absolute Gasteiger partial charge is 0.364 e. The number of carbonyl (C=O) groups excluding carboxylic acids is 2. The minimum atomic E-state index is -0.803. The van der Waals surface area contributed by atoms with Crippen molar-refractivity contribution >= 4 is 17.6 Å². The van der Waals surface area contributed by atoms with Crippen molar-refractivity contribution in [3.05, 3.63) is 47.0 Å². The summed E-state index contributed by atoms with van der Waals surface area (Å²) < 4.78 is 20.0. The first-order chi connectivity index (χ1) is 17.2. The van der Waals surface area contributed by atoms with Crippen LogP contribution in [0.4, 0.5) is 10.2 Å². The fraction of sp³-hybridized carbons (Fsp3) is 0.500. The van der Waals surface area contributed by atoms with Gasteiger partial charge in [0.25, 0.3) is 5.91 Å². The van der Waals surface area contributed by atoms with Crippen molar-refractivity contribution in [1.82, 2.24) is 25.7 Å². The second kappa shape index (κ2) is 10.6. The topological polar surface area (TPSA) is 126 Å². The van der Waals surface area contributed by atoms with Crippen LogP contribution in [0.5, 0.6) is 0 Å². The summed E-state index contributed by atoms with van der Waals surface area (Å²) in [6, 6.07) is 2.33. The molecule has 1 unspecified atom stereocenters. The van der Waals surface area contributed by atoms with Gasteiger partial charge in [-0.25, -0.2) is 4.98 Å². The average Bonchev–Trinajstić information content (AvgIpc) is 3.45. The van der Waals surface area contributed by atoms with Crippen LogP contribution in [0.3, 0.4) is 0 Å². The van der Waals surface area contributed by atoms with Gasteiger partial charge in [0, 0.05) is 16.8 Å². The van der Waals surface area contributed by atoms with E-state index in [1.165, 1.54) is 6.26 Å². The molecule has 0 spiro atoms. The number of carbonyl (C=O) groups is 2. The Kier molecular flexibility index (Phi) is 7.51. The van der Waals surface area contributed by atoms with Crippen LogP contribution in [-0.2, 0) is 4.79 Å².